The normalized spacial score (nSPS) is 29.8. The van der Waals surface area contributed by atoms with E-state index in [-0.39, 0.29) is 17.4 Å². The van der Waals surface area contributed by atoms with Crippen LogP contribution < -0.4 is 5.32 Å². The topological polar surface area (TPSA) is 64.4 Å². The number of hydrogen-bond donors (Lipinski definition) is 1. The summed E-state index contributed by atoms with van der Waals surface area (Å²) in [5.41, 5.74) is 0.612. The lowest BCUT2D eigenvalue weighted by molar-refractivity contribution is -0.169. The molecule has 4 rings (SSSR count). The molecule has 2 atom stereocenters. The Bertz CT molecular complexity index is 545. The van der Waals surface area contributed by atoms with Crippen LogP contribution in [0.2, 0.25) is 0 Å². The van der Waals surface area contributed by atoms with Gasteiger partial charge in [-0.1, -0.05) is 11.6 Å². The summed E-state index contributed by atoms with van der Waals surface area (Å²) in [7, 11) is 0. The first kappa shape index (κ1) is 13.3. The average molecular weight is 290 g/mol. The molecule has 0 aromatic carbocycles. The van der Waals surface area contributed by atoms with Crippen molar-refractivity contribution in [1.82, 2.24) is 10.5 Å². The molecule has 3 aliphatic rings. The molecule has 1 heterocycles. The van der Waals surface area contributed by atoms with E-state index in [0.717, 1.165) is 44.5 Å². The number of carbonyl (C=O) groups excluding carboxylic acids is 1. The maximum atomic E-state index is 12.3. The summed E-state index contributed by atoms with van der Waals surface area (Å²) < 4.78 is 11.1. The van der Waals surface area contributed by atoms with Crippen molar-refractivity contribution in [2.45, 2.75) is 63.5 Å². The van der Waals surface area contributed by atoms with Gasteiger partial charge in [0.2, 0.25) is 0 Å². The fourth-order valence-corrected chi connectivity index (χ4v) is 3.83. The van der Waals surface area contributed by atoms with E-state index < -0.39 is 0 Å². The molecule has 1 aromatic rings. The van der Waals surface area contributed by atoms with Crippen LogP contribution in [-0.2, 0) is 4.74 Å². The molecular weight excluding hydrogens is 268 g/mol. The standard InChI is InChI=1S/C16H22N2O3/c1-2-20-14-9-13(16(14)6-3-7-16)17-15(19)11-8-12(21-18-11)10-4-5-10/h8,10,13-14H,2-7,9H2,1H3,(H,17,19)/t13-,14+/m1/s1. The van der Waals surface area contributed by atoms with Crippen molar-refractivity contribution in [3.8, 4) is 0 Å². The number of nitrogens with zero attached hydrogens (tertiary/aromatic N) is 1. The van der Waals surface area contributed by atoms with E-state index in [1.165, 1.54) is 6.42 Å². The molecule has 0 unspecified atom stereocenters. The molecule has 3 saturated carbocycles. The van der Waals surface area contributed by atoms with Gasteiger partial charge in [-0.15, -0.1) is 0 Å². The molecule has 1 spiro atoms. The summed E-state index contributed by atoms with van der Waals surface area (Å²) in [6.45, 7) is 2.79. The minimum Gasteiger partial charge on any atom is -0.378 e. The van der Waals surface area contributed by atoms with E-state index in [1.807, 2.05) is 6.92 Å². The summed E-state index contributed by atoms with van der Waals surface area (Å²) in [4.78, 5) is 12.3. The fourth-order valence-electron chi connectivity index (χ4n) is 3.83. The van der Waals surface area contributed by atoms with E-state index in [1.54, 1.807) is 6.07 Å². The van der Waals surface area contributed by atoms with Gasteiger partial charge in [0.15, 0.2) is 5.69 Å². The van der Waals surface area contributed by atoms with Gasteiger partial charge < -0.3 is 14.6 Å². The molecule has 0 aliphatic heterocycles. The highest BCUT2D eigenvalue weighted by Crippen LogP contribution is 2.57. The van der Waals surface area contributed by atoms with Crippen LogP contribution >= 0.6 is 0 Å². The Morgan fingerprint density at radius 3 is 2.95 bits per heavy atom. The molecule has 1 N–H and O–H groups in total. The van der Waals surface area contributed by atoms with E-state index in [0.29, 0.717) is 17.7 Å². The Morgan fingerprint density at radius 2 is 2.33 bits per heavy atom. The predicted molar refractivity (Wildman–Crippen MR) is 76.0 cm³/mol. The number of ether oxygens (including phenoxy) is 1. The smallest absolute Gasteiger partial charge is 0.273 e. The number of hydrogen-bond acceptors (Lipinski definition) is 4. The third kappa shape index (κ3) is 2.09. The van der Waals surface area contributed by atoms with Gasteiger partial charge in [-0.2, -0.15) is 0 Å². The second-order valence-corrected chi connectivity index (χ2v) is 6.68. The first-order chi connectivity index (χ1) is 10.2. The molecule has 114 valence electrons. The molecule has 0 saturated heterocycles. The lowest BCUT2D eigenvalue weighted by atomic mass is 9.51. The van der Waals surface area contributed by atoms with Gasteiger partial charge in [-0.3, -0.25) is 4.79 Å². The Morgan fingerprint density at radius 1 is 1.52 bits per heavy atom. The van der Waals surface area contributed by atoms with Crippen molar-refractivity contribution < 1.29 is 14.1 Å². The largest absolute Gasteiger partial charge is 0.378 e. The summed E-state index contributed by atoms with van der Waals surface area (Å²) >= 11 is 0. The lowest BCUT2D eigenvalue weighted by Crippen LogP contribution is -2.67. The number of rotatable bonds is 5. The van der Waals surface area contributed by atoms with Crippen LogP contribution in [0, 0.1) is 5.41 Å². The van der Waals surface area contributed by atoms with Crippen molar-refractivity contribution in [3.05, 3.63) is 17.5 Å². The van der Waals surface area contributed by atoms with Gasteiger partial charge in [0.1, 0.15) is 5.76 Å². The Labute approximate surface area is 124 Å². The zero-order valence-electron chi connectivity index (χ0n) is 12.4. The number of amides is 1. The van der Waals surface area contributed by atoms with Crippen LogP contribution in [-0.4, -0.2) is 29.8 Å². The van der Waals surface area contributed by atoms with Gasteiger partial charge in [0.25, 0.3) is 5.91 Å². The minimum atomic E-state index is -0.100. The van der Waals surface area contributed by atoms with Crippen LogP contribution in [0.25, 0.3) is 0 Å². The van der Waals surface area contributed by atoms with Gasteiger partial charge in [-0.25, -0.2) is 0 Å². The summed E-state index contributed by atoms with van der Waals surface area (Å²) in [5.74, 6) is 1.25. The fraction of sp³-hybridized carbons (Fsp3) is 0.750. The molecule has 1 amide bonds. The van der Waals surface area contributed by atoms with Crippen LogP contribution in [0.15, 0.2) is 10.6 Å². The number of aromatic nitrogens is 1. The maximum Gasteiger partial charge on any atom is 0.273 e. The van der Waals surface area contributed by atoms with Crippen molar-refractivity contribution in [2.24, 2.45) is 5.41 Å². The van der Waals surface area contributed by atoms with Gasteiger partial charge in [0, 0.05) is 30.0 Å². The Kier molecular flexibility index (Phi) is 3.06. The molecule has 3 fully saturated rings. The van der Waals surface area contributed by atoms with Gasteiger partial charge in [0.05, 0.1) is 6.10 Å². The molecule has 0 radical (unpaired) electrons. The van der Waals surface area contributed by atoms with Crippen molar-refractivity contribution in [3.63, 3.8) is 0 Å². The molecule has 1 aromatic heterocycles. The second kappa shape index (κ2) is 4.83. The highest BCUT2D eigenvalue weighted by molar-refractivity contribution is 5.92. The van der Waals surface area contributed by atoms with Crippen molar-refractivity contribution in [1.29, 1.82) is 0 Å². The predicted octanol–water partition coefficient (Wildman–Crippen LogP) is 2.63. The van der Waals surface area contributed by atoms with Crippen molar-refractivity contribution >= 4 is 5.91 Å². The van der Waals surface area contributed by atoms with Gasteiger partial charge in [-0.05, 0) is 39.0 Å². The van der Waals surface area contributed by atoms with E-state index in [9.17, 15) is 4.79 Å². The van der Waals surface area contributed by atoms with E-state index in [4.69, 9.17) is 9.26 Å². The van der Waals surface area contributed by atoms with Crippen molar-refractivity contribution in [2.75, 3.05) is 6.61 Å². The Hall–Kier alpha value is -1.36. The molecule has 5 heteroatoms. The Balaban J connectivity index is 1.40. The second-order valence-electron chi connectivity index (χ2n) is 6.68. The van der Waals surface area contributed by atoms with Crippen LogP contribution in [0.5, 0.6) is 0 Å². The number of carbonyl (C=O) groups is 1. The highest BCUT2D eigenvalue weighted by Gasteiger charge is 2.59. The SMILES string of the molecule is CCO[C@H]1C[C@@H](NC(=O)c2cc(C3CC3)on2)C12CCC2. The molecular formula is C16H22N2O3. The van der Waals surface area contributed by atoms with Gasteiger partial charge >= 0.3 is 0 Å². The molecule has 21 heavy (non-hydrogen) atoms. The number of nitrogens with one attached hydrogen (secondary N) is 1. The highest BCUT2D eigenvalue weighted by atomic mass is 16.5. The van der Waals surface area contributed by atoms with Crippen LogP contribution in [0.1, 0.15) is 67.6 Å². The third-order valence-corrected chi connectivity index (χ3v) is 5.48. The van der Waals surface area contributed by atoms with Crippen LogP contribution in [0.4, 0.5) is 0 Å². The van der Waals surface area contributed by atoms with E-state index in [2.05, 4.69) is 10.5 Å². The summed E-state index contributed by atoms with van der Waals surface area (Å²) in [6.07, 6.45) is 7.11. The average Bonchev–Trinajstić information content (AvgIpc) is 3.13. The third-order valence-electron chi connectivity index (χ3n) is 5.48. The van der Waals surface area contributed by atoms with Crippen LogP contribution in [0.3, 0.4) is 0 Å². The first-order valence-electron chi connectivity index (χ1n) is 8.12. The zero-order chi connectivity index (χ0) is 14.4. The molecule has 5 nitrogen and oxygen atoms in total. The monoisotopic (exact) mass is 290 g/mol. The van der Waals surface area contributed by atoms with E-state index >= 15 is 0 Å². The maximum absolute atomic E-state index is 12.3. The zero-order valence-corrected chi connectivity index (χ0v) is 12.4. The summed E-state index contributed by atoms with van der Waals surface area (Å²) in [5, 5.41) is 7.06. The summed E-state index contributed by atoms with van der Waals surface area (Å²) in [6, 6.07) is 2.04. The molecule has 0 bridgehead atoms. The minimum absolute atomic E-state index is 0.100. The first-order valence-corrected chi connectivity index (χ1v) is 8.12. The molecule has 3 aliphatic carbocycles. The lowest BCUT2D eigenvalue weighted by Gasteiger charge is -2.60. The quantitative estimate of drug-likeness (QED) is 0.905.